The van der Waals surface area contributed by atoms with E-state index in [-0.39, 0.29) is 11.7 Å². The molecule has 3 nitrogen and oxygen atoms in total. The molecule has 1 aromatic carbocycles. The van der Waals surface area contributed by atoms with Gasteiger partial charge in [-0.1, -0.05) is 17.7 Å². The van der Waals surface area contributed by atoms with E-state index in [0.29, 0.717) is 18.9 Å². The molecule has 1 unspecified atom stereocenters. The van der Waals surface area contributed by atoms with Crippen LogP contribution < -0.4 is 0 Å². The van der Waals surface area contributed by atoms with Crippen LogP contribution in [0.3, 0.4) is 0 Å². The van der Waals surface area contributed by atoms with E-state index in [4.69, 9.17) is 0 Å². The fraction of sp³-hybridized carbons (Fsp3) is 0.556. The van der Waals surface area contributed by atoms with Crippen LogP contribution in [0.1, 0.15) is 60.5 Å². The van der Waals surface area contributed by atoms with Gasteiger partial charge in [-0.25, -0.2) is 0 Å². The van der Waals surface area contributed by atoms with Crippen molar-refractivity contribution < 1.29 is 9.59 Å². The van der Waals surface area contributed by atoms with Crippen molar-refractivity contribution in [2.75, 3.05) is 6.54 Å². The molecule has 2 rings (SSSR count). The van der Waals surface area contributed by atoms with Crippen LogP contribution in [-0.4, -0.2) is 29.2 Å². The highest BCUT2D eigenvalue weighted by molar-refractivity contribution is 5.99. The maximum absolute atomic E-state index is 12.3. The second-order valence-corrected chi connectivity index (χ2v) is 6.17. The molecule has 21 heavy (non-hydrogen) atoms. The number of piperidine rings is 1. The third-order valence-electron chi connectivity index (χ3n) is 4.38. The summed E-state index contributed by atoms with van der Waals surface area (Å²) in [6.45, 7) is 6.87. The van der Waals surface area contributed by atoms with Crippen molar-refractivity contribution in [2.24, 2.45) is 0 Å². The molecule has 0 aromatic heterocycles. The molecule has 1 atom stereocenters. The topological polar surface area (TPSA) is 37.4 Å². The van der Waals surface area contributed by atoms with Crippen molar-refractivity contribution >= 4 is 11.7 Å². The number of hydrogen-bond acceptors (Lipinski definition) is 2. The fourth-order valence-electron chi connectivity index (χ4n) is 3.00. The average Bonchev–Trinajstić information content (AvgIpc) is 2.47. The Labute approximate surface area is 127 Å². The molecular formula is C18H25NO2. The summed E-state index contributed by atoms with van der Waals surface area (Å²) >= 11 is 0. The fourth-order valence-corrected chi connectivity index (χ4v) is 3.00. The van der Waals surface area contributed by atoms with E-state index in [0.717, 1.165) is 36.1 Å². The minimum absolute atomic E-state index is 0.0780. The minimum Gasteiger partial charge on any atom is -0.340 e. The van der Waals surface area contributed by atoms with Crippen LogP contribution in [-0.2, 0) is 4.79 Å². The summed E-state index contributed by atoms with van der Waals surface area (Å²) in [5.41, 5.74) is 2.83. The summed E-state index contributed by atoms with van der Waals surface area (Å²) in [6.07, 6.45) is 4.01. The molecule has 1 fully saturated rings. The van der Waals surface area contributed by atoms with E-state index in [1.807, 2.05) is 36.9 Å². The number of ketones is 1. The first kappa shape index (κ1) is 15.7. The lowest BCUT2D eigenvalue weighted by atomic mass is 9.98. The van der Waals surface area contributed by atoms with Crippen LogP contribution in [0, 0.1) is 13.8 Å². The van der Waals surface area contributed by atoms with Gasteiger partial charge in [0, 0.05) is 31.0 Å². The van der Waals surface area contributed by atoms with Crippen LogP contribution in [0.5, 0.6) is 0 Å². The first-order valence-corrected chi connectivity index (χ1v) is 7.89. The van der Waals surface area contributed by atoms with E-state index in [1.165, 1.54) is 6.42 Å². The molecule has 1 heterocycles. The second kappa shape index (κ2) is 6.88. The Bertz CT molecular complexity index is 536. The normalized spacial score (nSPS) is 18.6. The van der Waals surface area contributed by atoms with Gasteiger partial charge < -0.3 is 4.90 Å². The molecule has 0 aliphatic carbocycles. The first-order chi connectivity index (χ1) is 9.99. The third kappa shape index (κ3) is 3.93. The summed E-state index contributed by atoms with van der Waals surface area (Å²) in [6, 6.07) is 6.22. The monoisotopic (exact) mass is 287 g/mol. The summed E-state index contributed by atoms with van der Waals surface area (Å²) in [5, 5.41) is 0. The van der Waals surface area contributed by atoms with Crippen molar-refractivity contribution in [3.05, 3.63) is 34.9 Å². The lowest BCUT2D eigenvalue weighted by Crippen LogP contribution is -2.42. The van der Waals surface area contributed by atoms with Gasteiger partial charge in [-0.05, 0) is 51.7 Å². The van der Waals surface area contributed by atoms with Crippen molar-refractivity contribution in [3.8, 4) is 0 Å². The van der Waals surface area contributed by atoms with Crippen LogP contribution in [0.25, 0.3) is 0 Å². The Hall–Kier alpha value is -1.64. The molecule has 1 aliphatic rings. The molecule has 0 spiro atoms. The minimum atomic E-state index is 0.0780. The SMILES string of the molecule is Cc1ccc(C)c(C(=O)CCC(=O)N2CCCCC2C)c1. The second-order valence-electron chi connectivity index (χ2n) is 6.17. The van der Waals surface area contributed by atoms with Gasteiger partial charge in [-0.3, -0.25) is 9.59 Å². The number of carbonyl (C=O) groups excluding carboxylic acids is 2. The molecule has 0 saturated carbocycles. The van der Waals surface area contributed by atoms with Gasteiger partial charge in [0.15, 0.2) is 5.78 Å². The average molecular weight is 287 g/mol. The van der Waals surface area contributed by atoms with Gasteiger partial charge in [-0.2, -0.15) is 0 Å². The van der Waals surface area contributed by atoms with Gasteiger partial charge in [-0.15, -0.1) is 0 Å². The maximum atomic E-state index is 12.3. The van der Waals surface area contributed by atoms with Crippen molar-refractivity contribution in [1.29, 1.82) is 0 Å². The Morgan fingerprint density at radius 3 is 2.67 bits per heavy atom. The Kier molecular flexibility index (Phi) is 5.16. The smallest absolute Gasteiger partial charge is 0.223 e. The molecule has 114 valence electrons. The number of nitrogens with zero attached hydrogens (tertiary/aromatic N) is 1. The van der Waals surface area contributed by atoms with Crippen molar-refractivity contribution in [1.82, 2.24) is 4.90 Å². The standard InChI is InChI=1S/C18H25NO2/c1-13-7-8-14(2)16(12-13)17(20)9-10-18(21)19-11-5-4-6-15(19)3/h7-8,12,15H,4-6,9-11H2,1-3H3. The quantitative estimate of drug-likeness (QED) is 0.792. The molecule has 0 radical (unpaired) electrons. The number of carbonyl (C=O) groups is 2. The van der Waals surface area contributed by atoms with E-state index in [2.05, 4.69) is 6.92 Å². The van der Waals surface area contributed by atoms with Crippen molar-refractivity contribution in [2.45, 2.75) is 58.9 Å². The highest BCUT2D eigenvalue weighted by Crippen LogP contribution is 2.19. The third-order valence-corrected chi connectivity index (χ3v) is 4.38. The first-order valence-electron chi connectivity index (χ1n) is 7.89. The van der Waals surface area contributed by atoms with E-state index in [9.17, 15) is 9.59 Å². The molecule has 0 N–H and O–H groups in total. The lowest BCUT2D eigenvalue weighted by Gasteiger charge is -2.33. The number of hydrogen-bond donors (Lipinski definition) is 0. The molecular weight excluding hydrogens is 262 g/mol. The largest absolute Gasteiger partial charge is 0.340 e. The zero-order valence-electron chi connectivity index (χ0n) is 13.3. The highest BCUT2D eigenvalue weighted by atomic mass is 16.2. The molecule has 1 aromatic rings. The van der Waals surface area contributed by atoms with E-state index >= 15 is 0 Å². The van der Waals surface area contributed by atoms with Crippen LogP contribution in [0.15, 0.2) is 18.2 Å². The number of likely N-dealkylation sites (tertiary alicyclic amines) is 1. The zero-order valence-corrected chi connectivity index (χ0v) is 13.3. The van der Waals surface area contributed by atoms with E-state index < -0.39 is 0 Å². The van der Waals surface area contributed by atoms with Gasteiger partial charge in [0.25, 0.3) is 0 Å². The molecule has 3 heteroatoms. The summed E-state index contributed by atoms with van der Waals surface area (Å²) < 4.78 is 0. The predicted molar refractivity (Wildman–Crippen MR) is 84.5 cm³/mol. The predicted octanol–water partition coefficient (Wildman–Crippen LogP) is 3.67. The summed E-state index contributed by atoms with van der Waals surface area (Å²) in [5.74, 6) is 0.204. The van der Waals surface area contributed by atoms with Crippen molar-refractivity contribution in [3.63, 3.8) is 0 Å². The zero-order chi connectivity index (χ0) is 15.4. The van der Waals surface area contributed by atoms with Crippen LogP contribution in [0.2, 0.25) is 0 Å². The Balaban J connectivity index is 1.94. The van der Waals surface area contributed by atoms with Crippen LogP contribution in [0.4, 0.5) is 0 Å². The number of amides is 1. The van der Waals surface area contributed by atoms with Gasteiger partial charge in [0.2, 0.25) is 5.91 Å². The van der Waals surface area contributed by atoms with Gasteiger partial charge >= 0.3 is 0 Å². The molecule has 0 bridgehead atoms. The number of aryl methyl sites for hydroxylation is 2. The molecule has 1 saturated heterocycles. The maximum Gasteiger partial charge on any atom is 0.223 e. The summed E-state index contributed by atoms with van der Waals surface area (Å²) in [7, 11) is 0. The number of benzene rings is 1. The van der Waals surface area contributed by atoms with Gasteiger partial charge in [0.05, 0.1) is 0 Å². The summed E-state index contributed by atoms with van der Waals surface area (Å²) in [4.78, 5) is 26.5. The highest BCUT2D eigenvalue weighted by Gasteiger charge is 2.23. The van der Waals surface area contributed by atoms with Gasteiger partial charge in [0.1, 0.15) is 0 Å². The van der Waals surface area contributed by atoms with E-state index in [1.54, 1.807) is 0 Å². The Morgan fingerprint density at radius 2 is 1.95 bits per heavy atom. The molecule has 1 amide bonds. The number of rotatable bonds is 4. The lowest BCUT2D eigenvalue weighted by molar-refractivity contribution is -0.134. The van der Waals surface area contributed by atoms with Crippen LogP contribution >= 0.6 is 0 Å². The Morgan fingerprint density at radius 1 is 1.19 bits per heavy atom. The number of Topliss-reactive ketones (excluding diaryl/α,β-unsaturated/α-hetero) is 1. The molecule has 1 aliphatic heterocycles.